The zero-order valence-corrected chi connectivity index (χ0v) is 28.8. The summed E-state index contributed by atoms with van der Waals surface area (Å²) in [7, 11) is 0. The van der Waals surface area contributed by atoms with Crippen LogP contribution in [0.5, 0.6) is 0 Å². The smallest absolute Gasteiger partial charge is 0.219 e. The minimum Gasteiger partial charge on any atom is -0.286 e. The molecule has 44 heavy (non-hydrogen) atoms. The Morgan fingerprint density at radius 3 is 0.977 bits per heavy atom. The Morgan fingerprint density at radius 2 is 0.659 bits per heavy atom. The van der Waals surface area contributed by atoms with Crippen molar-refractivity contribution in [2.45, 2.75) is 152 Å². The normalized spacial score (nSPS) is 54.8. The Hall–Kier alpha value is -0.258. The number of hydrogen-bond donors (Lipinski definition) is 8. The Labute approximate surface area is 276 Å². The van der Waals surface area contributed by atoms with Crippen LogP contribution in [0, 0.1) is 57.5 Å². The van der Waals surface area contributed by atoms with E-state index in [1.807, 2.05) is 0 Å². The van der Waals surface area contributed by atoms with Gasteiger partial charge in [-0.05, 0) is 92.8 Å². The molecule has 17 unspecified atom stereocenters. The molecule has 9 aliphatic rings. The van der Waals surface area contributed by atoms with E-state index < -0.39 is 6.04 Å². The molecule has 4 aliphatic carbocycles. The molecule has 4 saturated carbocycles. The Balaban J connectivity index is 0.00000289. The zero-order valence-electron chi connectivity index (χ0n) is 26.1. The summed E-state index contributed by atoms with van der Waals surface area (Å²) < 4.78 is 0. The van der Waals surface area contributed by atoms with Crippen molar-refractivity contribution < 1.29 is 25.3 Å². The van der Waals surface area contributed by atoms with E-state index in [4.69, 9.17) is 0 Å². The van der Waals surface area contributed by atoms with Gasteiger partial charge in [0.15, 0.2) is 0 Å². The molecule has 9 fully saturated rings. The third kappa shape index (κ3) is 5.26. The van der Waals surface area contributed by atoms with Crippen molar-refractivity contribution >= 4 is 0 Å². The van der Waals surface area contributed by atoms with Crippen LogP contribution < -0.4 is 42.5 Å². The van der Waals surface area contributed by atoms with Crippen molar-refractivity contribution in [2.75, 3.05) is 0 Å². The molecule has 9 rings (SSSR count). The third-order valence-electron chi connectivity index (χ3n) is 14.1. The fraction of sp³-hybridized carbons (Fsp3) is 1.00. The van der Waals surface area contributed by atoms with Crippen LogP contribution in [0.2, 0.25) is 0 Å². The molecule has 12 heteroatoms. The minimum absolute atomic E-state index is 0. The van der Waals surface area contributed by atoms with Crippen molar-refractivity contribution in [3.8, 4) is 0 Å². The Kier molecular flexibility index (Phi) is 8.92. The predicted molar refractivity (Wildman–Crippen MR) is 163 cm³/mol. The molecule has 0 aromatic rings. The van der Waals surface area contributed by atoms with E-state index in [-0.39, 0.29) is 68.0 Å². The van der Waals surface area contributed by atoms with Gasteiger partial charge in [0.2, 0.25) is 6.04 Å². The number of nitrogens with one attached hydrogen (secondary N) is 8. The summed E-state index contributed by atoms with van der Waals surface area (Å²) in [6.07, 6.45) is 20.0. The number of fused-ring (bicyclic) bond motifs is 20. The number of rotatable bonds is 1. The molecule has 8 N–H and O–H groups in total. The topological polar surface area (TPSA) is 139 Å². The van der Waals surface area contributed by atoms with E-state index in [1.54, 1.807) is 0 Å². The summed E-state index contributed by atoms with van der Waals surface area (Å²) in [6.45, 7) is 0. The van der Waals surface area contributed by atoms with Gasteiger partial charge in [-0.25, -0.2) is 0 Å². The number of nitro groups is 1. The van der Waals surface area contributed by atoms with Gasteiger partial charge in [-0.1, -0.05) is 38.5 Å². The van der Waals surface area contributed by atoms with Crippen molar-refractivity contribution in [3.63, 3.8) is 0 Å². The quantitative estimate of drug-likeness (QED) is 0.147. The number of nitrogens with zero attached hydrogens (tertiary/aromatic N) is 1. The van der Waals surface area contributed by atoms with Gasteiger partial charge >= 0.3 is 0 Å². The second-order valence-electron chi connectivity index (χ2n) is 16.0. The van der Waals surface area contributed by atoms with Gasteiger partial charge in [0, 0.05) is 31.8 Å². The molecular formula is C32H55N9O2Re. The van der Waals surface area contributed by atoms with Crippen LogP contribution >= 0.6 is 0 Å². The maximum absolute atomic E-state index is 12.4. The molecule has 0 spiro atoms. The van der Waals surface area contributed by atoms with Gasteiger partial charge in [-0.2, -0.15) is 0 Å². The first kappa shape index (κ1) is 31.0. The molecule has 247 valence electrons. The van der Waals surface area contributed by atoms with Crippen LogP contribution in [-0.2, 0) is 20.4 Å². The first-order valence-electron chi connectivity index (χ1n) is 18.3. The fourth-order valence-corrected chi connectivity index (χ4v) is 12.3. The second-order valence-corrected chi connectivity index (χ2v) is 16.0. The van der Waals surface area contributed by atoms with Crippen LogP contribution in [0.4, 0.5) is 0 Å². The molecule has 0 aromatic carbocycles. The molecule has 1 radical (unpaired) electrons. The number of hydrogen-bond acceptors (Lipinski definition) is 10. The van der Waals surface area contributed by atoms with Crippen molar-refractivity contribution in [2.24, 2.45) is 47.3 Å². The molecule has 5 heterocycles. The molecule has 0 amide bonds. The Bertz CT molecular complexity index is 1060. The van der Waals surface area contributed by atoms with E-state index in [1.165, 1.54) is 77.0 Å². The first-order valence-corrected chi connectivity index (χ1v) is 18.3. The zero-order chi connectivity index (χ0) is 28.7. The van der Waals surface area contributed by atoms with Gasteiger partial charge in [0.1, 0.15) is 0 Å². The summed E-state index contributed by atoms with van der Waals surface area (Å²) in [5.41, 5.74) is 0. The summed E-state index contributed by atoms with van der Waals surface area (Å²) in [6, 6.07) is -0.480. The molecule has 5 saturated heterocycles. The standard InChI is InChI=1S/C32H55N9O2.Re/c42-41(43)23-15-7-14-22-24(23)32-39-30-21-13-6-5-12-20(21)28(37-30)35-26-17-9-2-1-8-16(17)25(33-26)34-27-18-10-3-4-11-19(18)29(36-27)38-31(22)40-32;/h16-40H,1-15H2;. The molecule has 17 atom stereocenters. The largest absolute Gasteiger partial charge is 0.286 e. The van der Waals surface area contributed by atoms with Gasteiger partial charge in [0.05, 0.1) is 55.2 Å². The summed E-state index contributed by atoms with van der Waals surface area (Å²) in [4.78, 5) is 12.5. The second kappa shape index (κ2) is 12.6. The average molecular weight is 784 g/mol. The maximum atomic E-state index is 12.4. The van der Waals surface area contributed by atoms with Crippen LogP contribution in [0.25, 0.3) is 0 Å². The van der Waals surface area contributed by atoms with Crippen molar-refractivity contribution in [1.82, 2.24) is 42.5 Å². The van der Waals surface area contributed by atoms with E-state index in [0.29, 0.717) is 60.4 Å². The van der Waals surface area contributed by atoms with E-state index in [0.717, 1.165) is 12.8 Å². The molecule has 0 aromatic heterocycles. The van der Waals surface area contributed by atoms with Crippen LogP contribution in [-0.4, -0.2) is 60.3 Å². The maximum Gasteiger partial charge on any atom is 0.219 e. The SMILES string of the molecule is O=[N+]([O-])C1CCCC2C3NC4NC(NC5NC(NC6NC(NC(N3)C21)C1CCCCC61)C1CCCCC51)C1CCCCC41.[Re]. The van der Waals surface area contributed by atoms with Crippen LogP contribution in [0.1, 0.15) is 96.3 Å². The van der Waals surface area contributed by atoms with E-state index in [9.17, 15) is 10.1 Å². The Morgan fingerprint density at radius 1 is 0.386 bits per heavy atom. The van der Waals surface area contributed by atoms with Gasteiger partial charge in [-0.3, -0.25) is 52.6 Å². The monoisotopic (exact) mass is 784 g/mol. The van der Waals surface area contributed by atoms with Gasteiger partial charge < -0.3 is 0 Å². The summed E-state index contributed by atoms with van der Waals surface area (Å²) in [5, 5.41) is 45.2. The average Bonchev–Trinajstić information content (AvgIpc) is 3.76. The minimum atomic E-state index is -0.480. The predicted octanol–water partition coefficient (Wildman–Crippen LogP) is 1.86. The third-order valence-corrected chi connectivity index (χ3v) is 14.1. The van der Waals surface area contributed by atoms with Crippen molar-refractivity contribution in [1.29, 1.82) is 0 Å². The van der Waals surface area contributed by atoms with E-state index in [2.05, 4.69) is 42.5 Å². The van der Waals surface area contributed by atoms with Gasteiger partial charge in [0.25, 0.3) is 0 Å². The molecular weight excluding hydrogens is 729 g/mol. The van der Waals surface area contributed by atoms with Crippen LogP contribution in [0.15, 0.2) is 0 Å². The summed E-state index contributed by atoms with van der Waals surface area (Å²) >= 11 is 0. The first-order chi connectivity index (χ1) is 21.1. The van der Waals surface area contributed by atoms with Crippen LogP contribution in [0.3, 0.4) is 0 Å². The van der Waals surface area contributed by atoms with Crippen molar-refractivity contribution in [3.05, 3.63) is 10.1 Å². The summed E-state index contributed by atoms with van der Waals surface area (Å²) in [5.74, 6) is 4.00. The fourth-order valence-electron chi connectivity index (χ4n) is 12.3. The molecule has 5 aliphatic heterocycles. The molecule has 8 bridgehead atoms. The van der Waals surface area contributed by atoms with E-state index >= 15 is 0 Å². The van der Waals surface area contributed by atoms with Gasteiger partial charge in [-0.15, -0.1) is 0 Å². The molecule has 11 nitrogen and oxygen atoms in total.